The summed E-state index contributed by atoms with van der Waals surface area (Å²) in [6, 6.07) is 48.8. The van der Waals surface area contributed by atoms with Gasteiger partial charge in [0.05, 0.1) is 11.2 Å². The Bertz CT molecular complexity index is 2810. The molecule has 0 saturated heterocycles. The predicted molar refractivity (Wildman–Crippen MR) is 210 cm³/mol. The van der Waals surface area contributed by atoms with Gasteiger partial charge in [-0.1, -0.05) is 159 Å². The third-order valence-electron chi connectivity index (χ3n) is 10.8. The minimum atomic E-state index is 0.0256. The molecular weight excluding hydrogens is 591 g/mol. The van der Waals surface area contributed by atoms with Crippen molar-refractivity contribution in [2.75, 3.05) is 0 Å². The first-order valence-electron chi connectivity index (χ1n) is 17.2. The zero-order valence-corrected chi connectivity index (χ0v) is 27.3. The summed E-state index contributed by atoms with van der Waals surface area (Å²) < 4.78 is 0. The topological polar surface area (TPSA) is 12.9 Å². The zero-order chi connectivity index (χ0) is 32.5. The SMILES string of the molecule is C[C@@]12C=CC=CC1=CC(c1c3ccccc3c(-c3ccc4ccccc4c3)c3ccc(-c4ccc5ccc6ccccc6c5n4)cc13)=CC2. The van der Waals surface area contributed by atoms with Gasteiger partial charge in [-0.25, -0.2) is 4.98 Å². The lowest BCUT2D eigenvalue weighted by atomic mass is 9.71. The molecule has 10 rings (SSSR count). The van der Waals surface area contributed by atoms with Crippen LogP contribution in [0.1, 0.15) is 18.9 Å². The summed E-state index contributed by atoms with van der Waals surface area (Å²) in [6.45, 7) is 2.35. The Morgan fingerprint density at radius 1 is 0.531 bits per heavy atom. The molecule has 0 spiro atoms. The first-order valence-corrected chi connectivity index (χ1v) is 17.2. The first-order chi connectivity index (χ1) is 24.1. The molecule has 0 amide bonds. The molecule has 0 saturated carbocycles. The number of rotatable bonds is 3. The number of hydrogen-bond donors (Lipinski definition) is 0. The van der Waals surface area contributed by atoms with Gasteiger partial charge in [-0.05, 0) is 90.2 Å². The highest BCUT2D eigenvalue weighted by Gasteiger charge is 2.29. The van der Waals surface area contributed by atoms with Crippen LogP contribution in [0.25, 0.3) is 82.0 Å². The average Bonchev–Trinajstić information content (AvgIpc) is 3.16. The lowest BCUT2D eigenvalue weighted by Gasteiger charge is -2.33. The molecular formula is C48H33N. The van der Waals surface area contributed by atoms with E-state index in [2.05, 4.69) is 177 Å². The molecule has 1 heteroatoms. The lowest BCUT2D eigenvalue weighted by Crippen LogP contribution is -2.19. The Labute approximate surface area is 285 Å². The van der Waals surface area contributed by atoms with Crippen LogP contribution in [0.5, 0.6) is 0 Å². The summed E-state index contributed by atoms with van der Waals surface area (Å²) in [5, 5.41) is 11.1. The molecule has 49 heavy (non-hydrogen) atoms. The quantitative estimate of drug-likeness (QED) is 0.141. The van der Waals surface area contributed by atoms with Gasteiger partial charge in [-0.15, -0.1) is 0 Å². The first kappa shape index (κ1) is 28.0. The molecule has 1 nitrogen and oxygen atoms in total. The van der Waals surface area contributed by atoms with Crippen molar-refractivity contribution in [3.8, 4) is 22.4 Å². The summed E-state index contributed by atoms with van der Waals surface area (Å²) in [5.74, 6) is 0. The van der Waals surface area contributed by atoms with Crippen molar-refractivity contribution in [2.45, 2.75) is 13.3 Å². The molecule has 0 N–H and O–H groups in total. The van der Waals surface area contributed by atoms with Gasteiger partial charge in [0.15, 0.2) is 0 Å². The van der Waals surface area contributed by atoms with E-state index in [1.807, 2.05) is 0 Å². The van der Waals surface area contributed by atoms with Crippen LogP contribution in [-0.2, 0) is 0 Å². The molecule has 7 aromatic carbocycles. The van der Waals surface area contributed by atoms with E-state index in [0.717, 1.165) is 28.6 Å². The highest BCUT2D eigenvalue weighted by molar-refractivity contribution is 6.20. The van der Waals surface area contributed by atoms with Gasteiger partial charge in [0.2, 0.25) is 0 Å². The fourth-order valence-corrected chi connectivity index (χ4v) is 8.16. The molecule has 0 aliphatic heterocycles. The van der Waals surface area contributed by atoms with Crippen LogP contribution in [0.15, 0.2) is 175 Å². The third-order valence-corrected chi connectivity index (χ3v) is 10.8. The molecule has 1 heterocycles. The molecule has 8 aromatic rings. The Hall–Kier alpha value is -6.05. The van der Waals surface area contributed by atoms with Crippen LogP contribution in [-0.4, -0.2) is 4.98 Å². The summed E-state index contributed by atoms with van der Waals surface area (Å²) in [4.78, 5) is 5.32. The largest absolute Gasteiger partial charge is 0.247 e. The Morgan fingerprint density at radius 3 is 2.08 bits per heavy atom. The summed E-state index contributed by atoms with van der Waals surface area (Å²) in [6.07, 6.45) is 14.8. The number of aromatic nitrogens is 1. The number of pyridine rings is 1. The van der Waals surface area contributed by atoms with Crippen LogP contribution < -0.4 is 0 Å². The van der Waals surface area contributed by atoms with Gasteiger partial charge in [-0.2, -0.15) is 0 Å². The second-order valence-electron chi connectivity index (χ2n) is 13.8. The zero-order valence-electron chi connectivity index (χ0n) is 27.3. The second kappa shape index (κ2) is 10.7. The molecule has 0 bridgehead atoms. The van der Waals surface area contributed by atoms with Crippen molar-refractivity contribution < 1.29 is 0 Å². The van der Waals surface area contributed by atoms with E-state index < -0.39 is 0 Å². The number of fused-ring (bicyclic) bond motifs is 7. The normalized spacial score (nSPS) is 17.2. The Kier molecular flexibility index (Phi) is 6.14. The van der Waals surface area contributed by atoms with E-state index >= 15 is 0 Å². The maximum Gasteiger partial charge on any atom is 0.0787 e. The Balaban J connectivity index is 1.28. The van der Waals surface area contributed by atoms with E-state index in [9.17, 15) is 0 Å². The number of hydrogen-bond acceptors (Lipinski definition) is 1. The van der Waals surface area contributed by atoms with Crippen molar-refractivity contribution >= 4 is 59.6 Å². The highest BCUT2D eigenvalue weighted by atomic mass is 14.7. The van der Waals surface area contributed by atoms with E-state index in [1.54, 1.807) is 0 Å². The van der Waals surface area contributed by atoms with E-state index in [1.165, 1.54) is 70.9 Å². The third kappa shape index (κ3) is 4.43. The van der Waals surface area contributed by atoms with Gasteiger partial charge < -0.3 is 0 Å². The summed E-state index contributed by atoms with van der Waals surface area (Å²) in [5.41, 5.74) is 9.63. The van der Waals surface area contributed by atoms with Gasteiger partial charge in [0.1, 0.15) is 0 Å². The Morgan fingerprint density at radius 2 is 1.20 bits per heavy atom. The molecule has 2 aliphatic rings. The van der Waals surface area contributed by atoms with E-state index in [0.29, 0.717) is 0 Å². The molecule has 230 valence electrons. The number of nitrogens with zero attached hydrogens (tertiary/aromatic N) is 1. The van der Waals surface area contributed by atoms with Crippen molar-refractivity contribution in [1.29, 1.82) is 0 Å². The van der Waals surface area contributed by atoms with Gasteiger partial charge in [0, 0.05) is 21.8 Å². The smallest absolute Gasteiger partial charge is 0.0787 e. The summed E-state index contributed by atoms with van der Waals surface area (Å²) >= 11 is 0. The maximum atomic E-state index is 5.32. The van der Waals surface area contributed by atoms with Crippen LogP contribution in [0.4, 0.5) is 0 Å². The van der Waals surface area contributed by atoms with E-state index in [-0.39, 0.29) is 5.41 Å². The minimum Gasteiger partial charge on any atom is -0.247 e. The number of allylic oxidation sites excluding steroid dienone is 8. The average molecular weight is 624 g/mol. The fraction of sp³-hybridized carbons (Fsp3) is 0.0625. The van der Waals surface area contributed by atoms with Crippen molar-refractivity contribution in [3.63, 3.8) is 0 Å². The van der Waals surface area contributed by atoms with Crippen molar-refractivity contribution in [3.05, 3.63) is 181 Å². The molecule has 0 fully saturated rings. The highest BCUT2D eigenvalue weighted by Crippen LogP contribution is 2.48. The minimum absolute atomic E-state index is 0.0256. The summed E-state index contributed by atoms with van der Waals surface area (Å²) in [7, 11) is 0. The van der Waals surface area contributed by atoms with Crippen LogP contribution >= 0.6 is 0 Å². The van der Waals surface area contributed by atoms with Crippen molar-refractivity contribution in [2.24, 2.45) is 5.41 Å². The molecule has 1 aromatic heterocycles. The van der Waals surface area contributed by atoms with Crippen molar-refractivity contribution in [1.82, 2.24) is 4.98 Å². The van der Waals surface area contributed by atoms with Gasteiger partial charge >= 0.3 is 0 Å². The van der Waals surface area contributed by atoms with Gasteiger partial charge in [-0.3, -0.25) is 0 Å². The maximum absolute atomic E-state index is 5.32. The predicted octanol–water partition coefficient (Wildman–Crippen LogP) is 13.0. The van der Waals surface area contributed by atoms with E-state index in [4.69, 9.17) is 4.98 Å². The monoisotopic (exact) mass is 623 g/mol. The molecule has 0 unspecified atom stereocenters. The number of benzene rings is 7. The second-order valence-corrected chi connectivity index (χ2v) is 13.8. The fourth-order valence-electron chi connectivity index (χ4n) is 8.16. The standard InChI is InChI=1S/C48H33N/c1-48-26-9-8-13-38(48)29-37(25-27-48)46-41-16-7-6-15-40(41)45(36-20-17-31-10-2-3-12-34(31)28-36)42-23-21-35(30-43(42)46)44-24-22-33-19-18-32-11-4-5-14-39(32)47(33)49-44/h2-26,28-30H,27H2,1H3/t48-/m0/s1. The molecule has 0 radical (unpaired) electrons. The van der Waals surface area contributed by atoms with Crippen LogP contribution in [0, 0.1) is 5.41 Å². The molecule has 2 aliphatic carbocycles. The van der Waals surface area contributed by atoms with Crippen LogP contribution in [0.3, 0.4) is 0 Å². The van der Waals surface area contributed by atoms with Crippen LogP contribution in [0.2, 0.25) is 0 Å². The van der Waals surface area contributed by atoms with Gasteiger partial charge in [0.25, 0.3) is 0 Å². The molecule has 1 atom stereocenters. The lowest BCUT2D eigenvalue weighted by molar-refractivity contribution is 0.528.